The minimum absolute atomic E-state index is 0.0752. The van der Waals surface area contributed by atoms with E-state index in [1.165, 1.54) is 11.1 Å². The molecule has 0 radical (unpaired) electrons. The second kappa shape index (κ2) is 7.60. The highest BCUT2D eigenvalue weighted by molar-refractivity contribution is 5.75. The Labute approximate surface area is 149 Å². The molecule has 2 unspecified atom stereocenters. The molecule has 0 bridgehead atoms. The summed E-state index contributed by atoms with van der Waals surface area (Å²) >= 11 is 0. The monoisotopic (exact) mass is 339 g/mol. The van der Waals surface area contributed by atoms with Crippen molar-refractivity contribution in [2.75, 3.05) is 32.7 Å². The van der Waals surface area contributed by atoms with Crippen molar-refractivity contribution < 1.29 is 14.3 Å². The number of esters is 1. The number of cyclic esters (lactones) is 1. The molecule has 25 heavy (non-hydrogen) atoms. The molecule has 1 saturated heterocycles. The Morgan fingerprint density at radius 2 is 1.84 bits per heavy atom. The maximum absolute atomic E-state index is 12.2. The minimum atomic E-state index is -0.0838. The standard InChI is InChI=1S/C21H25NO3/c1-22(2)18-6-4-5-16(12-18)13-20-17(14-25-21(20)23)11-15-7-9-19(24-3)10-8-15/h4-10,12,17,20H,11,13-14H2,1-3H3. The van der Waals surface area contributed by atoms with Gasteiger partial charge in [0.05, 0.1) is 19.6 Å². The van der Waals surface area contributed by atoms with E-state index in [1.807, 2.05) is 32.3 Å². The Bertz CT molecular complexity index is 724. The molecule has 0 amide bonds. The van der Waals surface area contributed by atoms with Crippen LogP contribution in [0.1, 0.15) is 11.1 Å². The number of carbonyl (C=O) groups excluding carboxylic acids is 1. The topological polar surface area (TPSA) is 38.8 Å². The van der Waals surface area contributed by atoms with Gasteiger partial charge in [-0.15, -0.1) is 0 Å². The third kappa shape index (κ3) is 4.13. The van der Waals surface area contributed by atoms with Gasteiger partial charge in [0.25, 0.3) is 0 Å². The lowest BCUT2D eigenvalue weighted by Gasteiger charge is -2.17. The predicted octanol–water partition coefficient (Wildman–Crippen LogP) is 3.34. The van der Waals surface area contributed by atoms with Crippen LogP contribution in [0.2, 0.25) is 0 Å². The van der Waals surface area contributed by atoms with Crippen molar-refractivity contribution in [3.05, 3.63) is 59.7 Å². The van der Waals surface area contributed by atoms with Crippen LogP contribution in [0.25, 0.3) is 0 Å². The zero-order valence-electron chi connectivity index (χ0n) is 15.1. The van der Waals surface area contributed by atoms with Gasteiger partial charge in [-0.05, 0) is 48.2 Å². The Balaban J connectivity index is 1.72. The summed E-state index contributed by atoms with van der Waals surface area (Å²) < 4.78 is 10.6. The van der Waals surface area contributed by atoms with Gasteiger partial charge in [0, 0.05) is 25.7 Å². The summed E-state index contributed by atoms with van der Waals surface area (Å²) in [6, 6.07) is 16.4. The van der Waals surface area contributed by atoms with Gasteiger partial charge in [-0.25, -0.2) is 0 Å². The van der Waals surface area contributed by atoms with E-state index in [4.69, 9.17) is 9.47 Å². The molecule has 1 aliphatic rings. The van der Waals surface area contributed by atoms with Gasteiger partial charge in [0.2, 0.25) is 0 Å². The molecule has 1 aliphatic heterocycles. The van der Waals surface area contributed by atoms with E-state index in [0.29, 0.717) is 6.61 Å². The number of hydrogen-bond acceptors (Lipinski definition) is 4. The van der Waals surface area contributed by atoms with Gasteiger partial charge in [-0.1, -0.05) is 24.3 Å². The number of anilines is 1. The third-order valence-corrected chi connectivity index (χ3v) is 4.85. The zero-order chi connectivity index (χ0) is 17.8. The summed E-state index contributed by atoms with van der Waals surface area (Å²) in [5.41, 5.74) is 3.53. The lowest BCUT2D eigenvalue weighted by molar-refractivity contribution is -0.141. The summed E-state index contributed by atoms with van der Waals surface area (Å²) in [6.07, 6.45) is 1.56. The van der Waals surface area contributed by atoms with Crippen LogP contribution in [0, 0.1) is 11.8 Å². The van der Waals surface area contributed by atoms with Crippen molar-refractivity contribution >= 4 is 11.7 Å². The molecule has 4 heteroatoms. The first-order valence-electron chi connectivity index (χ1n) is 8.62. The molecular formula is C21H25NO3. The van der Waals surface area contributed by atoms with E-state index in [2.05, 4.69) is 35.2 Å². The van der Waals surface area contributed by atoms with Gasteiger partial charge in [-0.3, -0.25) is 4.79 Å². The molecule has 132 valence electrons. The van der Waals surface area contributed by atoms with Crippen LogP contribution < -0.4 is 9.64 Å². The van der Waals surface area contributed by atoms with Crippen LogP contribution in [-0.4, -0.2) is 33.8 Å². The SMILES string of the molecule is COc1ccc(CC2COC(=O)C2Cc2cccc(N(C)C)c2)cc1. The molecule has 2 aromatic rings. The number of benzene rings is 2. The first kappa shape index (κ1) is 17.3. The van der Waals surface area contributed by atoms with Gasteiger partial charge in [-0.2, -0.15) is 0 Å². The molecule has 0 N–H and O–H groups in total. The predicted molar refractivity (Wildman–Crippen MR) is 99.1 cm³/mol. The van der Waals surface area contributed by atoms with Gasteiger partial charge < -0.3 is 14.4 Å². The van der Waals surface area contributed by atoms with Crippen molar-refractivity contribution in [1.82, 2.24) is 0 Å². The van der Waals surface area contributed by atoms with E-state index < -0.39 is 0 Å². The Morgan fingerprint density at radius 3 is 2.52 bits per heavy atom. The zero-order valence-corrected chi connectivity index (χ0v) is 15.1. The summed E-state index contributed by atoms with van der Waals surface area (Å²) in [7, 11) is 5.71. The fraction of sp³-hybridized carbons (Fsp3) is 0.381. The summed E-state index contributed by atoms with van der Waals surface area (Å²) in [5, 5.41) is 0. The molecule has 3 rings (SSSR count). The first-order chi connectivity index (χ1) is 12.1. The maximum Gasteiger partial charge on any atom is 0.309 e. The normalized spacial score (nSPS) is 19.6. The van der Waals surface area contributed by atoms with E-state index in [9.17, 15) is 4.79 Å². The number of nitrogens with zero attached hydrogens (tertiary/aromatic N) is 1. The highest BCUT2D eigenvalue weighted by atomic mass is 16.5. The molecule has 1 heterocycles. The van der Waals surface area contributed by atoms with Crippen molar-refractivity contribution in [3.63, 3.8) is 0 Å². The lowest BCUT2D eigenvalue weighted by Crippen LogP contribution is -2.21. The van der Waals surface area contributed by atoms with Gasteiger partial charge >= 0.3 is 5.97 Å². The number of hydrogen-bond donors (Lipinski definition) is 0. The van der Waals surface area contributed by atoms with E-state index in [-0.39, 0.29) is 17.8 Å². The van der Waals surface area contributed by atoms with Crippen molar-refractivity contribution in [2.45, 2.75) is 12.8 Å². The molecule has 2 atom stereocenters. The van der Waals surface area contributed by atoms with Crippen molar-refractivity contribution in [1.29, 1.82) is 0 Å². The second-order valence-corrected chi connectivity index (χ2v) is 6.82. The second-order valence-electron chi connectivity index (χ2n) is 6.82. The van der Waals surface area contributed by atoms with Crippen LogP contribution in [-0.2, 0) is 22.4 Å². The van der Waals surface area contributed by atoms with Gasteiger partial charge in [0.15, 0.2) is 0 Å². The van der Waals surface area contributed by atoms with Gasteiger partial charge in [0.1, 0.15) is 5.75 Å². The van der Waals surface area contributed by atoms with Crippen LogP contribution >= 0.6 is 0 Å². The van der Waals surface area contributed by atoms with Crippen LogP contribution in [0.5, 0.6) is 5.75 Å². The summed E-state index contributed by atoms with van der Waals surface area (Å²) in [5.74, 6) is 0.900. The number of methoxy groups -OCH3 is 1. The first-order valence-corrected chi connectivity index (χ1v) is 8.62. The number of carbonyl (C=O) groups is 1. The number of rotatable bonds is 6. The summed E-state index contributed by atoms with van der Waals surface area (Å²) in [4.78, 5) is 14.3. The fourth-order valence-corrected chi connectivity index (χ4v) is 3.34. The van der Waals surface area contributed by atoms with E-state index >= 15 is 0 Å². The Morgan fingerprint density at radius 1 is 1.08 bits per heavy atom. The molecule has 2 aromatic carbocycles. The molecule has 0 saturated carbocycles. The van der Waals surface area contributed by atoms with Crippen LogP contribution in [0.15, 0.2) is 48.5 Å². The molecule has 0 aliphatic carbocycles. The van der Waals surface area contributed by atoms with E-state index in [1.54, 1.807) is 7.11 Å². The molecular weight excluding hydrogens is 314 g/mol. The highest BCUT2D eigenvalue weighted by Crippen LogP contribution is 2.30. The van der Waals surface area contributed by atoms with Crippen LogP contribution in [0.3, 0.4) is 0 Å². The summed E-state index contributed by atoms with van der Waals surface area (Å²) in [6.45, 7) is 0.503. The fourth-order valence-electron chi connectivity index (χ4n) is 3.34. The molecule has 0 aromatic heterocycles. The Hall–Kier alpha value is -2.49. The molecule has 4 nitrogen and oxygen atoms in total. The average Bonchev–Trinajstić information content (AvgIpc) is 2.96. The quantitative estimate of drug-likeness (QED) is 0.757. The molecule has 1 fully saturated rings. The Kier molecular flexibility index (Phi) is 5.27. The van der Waals surface area contributed by atoms with Crippen molar-refractivity contribution in [2.24, 2.45) is 11.8 Å². The average molecular weight is 339 g/mol. The van der Waals surface area contributed by atoms with Crippen molar-refractivity contribution in [3.8, 4) is 5.75 Å². The highest BCUT2D eigenvalue weighted by Gasteiger charge is 2.36. The molecule has 0 spiro atoms. The van der Waals surface area contributed by atoms with E-state index in [0.717, 1.165) is 24.3 Å². The third-order valence-electron chi connectivity index (χ3n) is 4.85. The maximum atomic E-state index is 12.2. The number of ether oxygens (including phenoxy) is 2. The lowest BCUT2D eigenvalue weighted by atomic mass is 9.85. The largest absolute Gasteiger partial charge is 0.497 e. The van der Waals surface area contributed by atoms with Crippen LogP contribution in [0.4, 0.5) is 5.69 Å². The smallest absolute Gasteiger partial charge is 0.309 e. The minimum Gasteiger partial charge on any atom is -0.497 e.